The van der Waals surface area contributed by atoms with Gasteiger partial charge in [-0.15, -0.1) is 0 Å². The van der Waals surface area contributed by atoms with E-state index in [1.165, 1.54) is 0 Å². The molecule has 1 fully saturated rings. The largest absolute Gasteiger partial charge is 0.393 e. The number of urea groups is 1. The lowest BCUT2D eigenvalue weighted by Gasteiger charge is -2.29. The van der Waals surface area contributed by atoms with Crippen LogP contribution in [0, 0.1) is 6.92 Å². The minimum Gasteiger partial charge on any atom is -0.393 e. The molecule has 0 spiro atoms. The minimum absolute atomic E-state index is 0.169. The number of halogens is 1. The highest BCUT2D eigenvalue weighted by Crippen LogP contribution is 2.29. The van der Waals surface area contributed by atoms with Crippen molar-refractivity contribution >= 4 is 34.2 Å². The third-order valence-corrected chi connectivity index (χ3v) is 4.50. The topological polar surface area (TPSA) is 65.5 Å². The average Bonchev–Trinajstić information content (AvgIpc) is 2.52. The van der Waals surface area contributed by atoms with Gasteiger partial charge in [-0.05, 0) is 31.4 Å². The zero-order valence-electron chi connectivity index (χ0n) is 12.3. The smallest absolute Gasteiger partial charge is 0.321 e. The Kier molecular flexibility index (Phi) is 4.18. The van der Waals surface area contributed by atoms with Crippen molar-refractivity contribution in [3.63, 3.8) is 0 Å². The first kappa shape index (κ1) is 15.1. The van der Waals surface area contributed by atoms with Gasteiger partial charge in [0, 0.05) is 24.7 Å². The number of para-hydroxylation sites is 1. The van der Waals surface area contributed by atoms with Gasteiger partial charge in [0.2, 0.25) is 0 Å². The lowest BCUT2D eigenvalue weighted by Crippen LogP contribution is -2.42. The van der Waals surface area contributed by atoms with Crippen LogP contribution >= 0.6 is 11.6 Å². The number of carbonyl (C=O) groups excluding carboxylic acids is 1. The number of aryl methyl sites for hydroxylation is 1. The molecule has 1 aliphatic heterocycles. The van der Waals surface area contributed by atoms with E-state index in [-0.39, 0.29) is 12.1 Å². The van der Waals surface area contributed by atoms with Gasteiger partial charge >= 0.3 is 6.03 Å². The molecule has 1 aliphatic rings. The molecule has 0 bridgehead atoms. The Bertz CT molecular complexity index is 712. The summed E-state index contributed by atoms with van der Waals surface area (Å²) in [6.07, 6.45) is 2.64. The highest BCUT2D eigenvalue weighted by molar-refractivity contribution is 6.36. The number of pyridine rings is 1. The van der Waals surface area contributed by atoms with E-state index in [2.05, 4.69) is 10.3 Å². The first-order chi connectivity index (χ1) is 10.6. The molecule has 116 valence electrons. The number of nitrogens with zero attached hydrogens (tertiary/aromatic N) is 2. The Balaban J connectivity index is 1.85. The van der Waals surface area contributed by atoms with Crippen molar-refractivity contribution in [2.75, 3.05) is 18.4 Å². The second kappa shape index (κ2) is 6.10. The predicted octanol–water partition coefficient (Wildman–Crippen LogP) is 3.19. The Labute approximate surface area is 133 Å². The molecule has 1 aromatic carbocycles. The second-order valence-electron chi connectivity index (χ2n) is 5.61. The van der Waals surface area contributed by atoms with Gasteiger partial charge in [0.15, 0.2) is 0 Å². The lowest BCUT2D eigenvalue weighted by molar-refractivity contribution is 0.0972. The van der Waals surface area contributed by atoms with Crippen LogP contribution in [0.25, 0.3) is 10.9 Å². The number of nitrogens with one attached hydrogen (secondary N) is 1. The van der Waals surface area contributed by atoms with Crippen molar-refractivity contribution in [3.8, 4) is 0 Å². The number of hydrogen-bond acceptors (Lipinski definition) is 3. The predicted molar refractivity (Wildman–Crippen MR) is 87.3 cm³/mol. The Morgan fingerprint density at radius 2 is 2.14 bits per heavy atom. The molecule has 1 aromatic heterocycles. The summed E-state index contributed by atoms with van der Waals surface area (Å²) in [6.45, 7) is 3.02. The molecule has 2 heterocycles. The van der Waals surface area contributed by atoms with E-state index < -0.39 is 0 Å². The molecule has 0 atom stereocenters. The fourth-order valence-corrected chi connectivity index (χ4v) is 2.86. The van der Waals surface area contributed by atoms with Gasteiger partial charge < -0.3 is 15.3 Å². The average molecular weight is 320 g/mol. The molecule has 22 heavy (non-hydrogen) atoms. The Morgan fingerprint density at radius 1 is 1.41 bits per heavy atom. The van der Waals surface area contributed by atoms with Gasteiger partial charge in [-0.3, -0.25) is 4.98 Å². The van der Waals surface area contributed by atoms with Crippen LogP contribution in [-0.4, -0.2) is 40.2 Å². The first-order valence-electron chi connectivity index (χ1n) is 7.34. The van der Waals surface area contributed by atoms with Gasteiger partial charge in [0.25, 0.3) is 0 Å². The molecule has 1 saturated heterocycles. The van der Waals surface area contributed by atoms with Gasteiger partial charge in [-0.1, -0.05) is 23.7 Å². The first-order valence-corrected chi connectivity index (χ1v) is 7.72. The summed E-state index contributed by atoms with van der Waals surface area (Å²) in [7, 11) is 0. The number of carbonyl (C=O) groups is 1. The number of aliphatic hydroxyl groups excluding tert-OH is 1. The maximum absolute atomic E-state index is 12.3. The molecule has 0 aliphatic carbocycles. The number of piperidine rings is 1. The van der Waals surface area contributed by atoms with E-state index in [4.69, 9.17) is 11.6 Å². The van der Waals surface area contributed by atoms with E-state index >= 15 is 0 Å². The van der Waals surface area contributed by atoms with Crippen LogP contribution in [-0.2, 0) is 0 Å². The fourth-order valence-electron chi connectivity index (χ4n) is 2.65. The quantitative estimate of drug-likeness (QED) is 0.848. The van der Waals surface area contributed by atoms with Gasteiger partial charge in [0.05, 0.1) is 22.3 Å². The summed E-state index contributed by atoms with van der Waals surface area (Å²) in [6, 6.07) is 5.39. The van der Waals surface area contributed by atoms with E-state index in [1.807, 2.05) is 25.1 Å². The highest BCUT2D eigenvalue weighted by atomic mass is 35.5. The van der Waals surface area contributed by atoms with Crippen LogP contribution in [0.3, 0.4) is 0 Å². The molecule has 0 saturated carbocycles. The number of likely N-dealkylation sites (tertiary alicyclic amines) is 1. The fraction of sp³-hybridized carbons (Fsp3) is 0.375. The van der Waals surface area contributed by atoms with E-state index in [0.717, 1.165) is 10.9 Å². The van der Waals surface area contributed by atoms with Crippen molar-refractivity contribution in [2.45, 2.75) is 25.9 Å². The number of fused-ring (bicyclic) bond motifs is 1. The number of anilines is 1. The molecule has 2 amide bonds. The lowest BCUT2D eigenvalue weighted by atomic mass is 10.1. The van der Waals surface area contributed by atoms with Crippen LogP contribution in [0.4, 0.5) is 10.5 Å². The summed E-state index contributed by atoms with van der Waals surface area (Å²) in [5.74, 6) is 0. The molecule has 2 aromatic rings. The zero-order chi connectivity index (χ0) is 15.7. The van der Waals surface area contributed by atoms with Gasteiger partial charge in [0.1, 0.15) is 0 Å². The van der Waals surface area contributed by atoms with Crippen molar-refractivity contribution < 1.29 is 9.90 Å². The number of aromatic nitrogens is 1. The number of hydrogen-bond donors (Lipinski definition) is 2. The van der Waals surface area contributed by atoms with Crippen LogP contribution in [0.1, 0.15) is 18.4 Å². The van der Waals surface area contributed by atoms with Gasteiger partial charge in [-0.25, -0.2) is 4.79 Å². The van der Waals surface area contributed by atoms with Crippen molar-refractivity contribution in [1.82, 2.24) is 9.88 Å². The van der Waals surface area contributed by atoms with E-state index in [0.29, 0.717) is 42.2 Å². The number of aliphatic hydroxyl groups is 1. The second-order valence-corrected chi connectivity index (χ2v) is 5.98. The van der Waals surface area contributed by atoms with Crippen molar-refractivity contribution in [2.24, 2.45) is 0 Å². The molecule has 3 rings (SSSR count). The van der Waals surface area contributed by atoms with E-state index in [9.17, 15) is 9.90 Å². The van der Waals surface area contributed by atoms with Crippen LogP contribution in [0.5, 0.6) is 0 Å². The molecule has 0 radical (unpaired) electrons. The number of rotatable bonds is 1. The number of amides is 2. The monoisotopic (exact) mass is 319 g/mol. The maximum Gasteiger partial charge on any atom is 0.321 e. The van der Waals surface area contributed by atoms with E-state index in [1.54, 1.807) is 11.1 Å². The van der Waals surface area contributed by atoms with Crippen LogP contribution < -0.4 is 5.32 Å². The van der Waals surface area contributed by atoms with Gasteiger partial charge in [-0.2, -0.15) is 0 Å². The highest BCUT2D eigenvalue weighted by Gasteiger charge is 2.21. The molecule has 0 unspecified atom stereocenters. The van der Waals surface area contributed by atoms with Crippen LogP contribution in [0.2, 0.25) is 5.02 Å². The summed E-state index contributed by atoms with van der Waals surface area (Å²) in [5.41, 5.74) is 2.24. The molecule has 2 N–H and O–H groups in total. The third-order valence-electron chi connectivity index (χ3n) is 4.00. The molecular weight excluding hydrogens is 302 g/mol. The Hall–Kier alpha value is -1.85. The van der Waals surface area contributed by atoms with Crippen LogP contribution in [0.15, 0.2) is 24.4 Å². The normalized spacial score (nSPS) is 16.0. The van der Waals surface area contributed by atoms with Crippen molar-refractivity contribution in [1.29, 1.82) is 0 Å². The summed E-state index contributed by atoms with van der Waals surface area (Å²) < 4.78 is 0. The van der Waals surface area contributed by atoms with Crippen molar-refractivity contribution in [3.05, 3.63) is 35.0 Å². The zero-order valence-corrected chi connectivity index (χ0v) is 13.1. The molecule has 6 heteroatoms. The molecule has 5 nitrogen and oxygen atoms in total. The third kappa shape index (κ3) is 2.87. The maximum atomic E-state index is 12.3. The molecular formula is C16H18ClN3O2. The minimum atomic E-state index is -0.301. The summed E-state index contributed by atoms with van der Waals surface area (Å²) >= 11 is 6.31. The summed E-state index contributed by atoms with van der Waals surface area (Å²) in [5, 5.41) is 13.9. The standard InChI is InChI=1S/C16H18ClN3O2/c1-10-9-18-15-12(14(10)17)3-2-4-13(15)19-16(22)20-7-5-11(21)6-8-20/h2-4,9,11,21H,5-8H2,1H3,(H,19,22). The number of benzene rings is 1. The summed E-state index contributed by atoms with van der Waals surface area (Å²) in [4.78, 5) is 18.4. The Morgan fingerprint density at radius 3 is 2.86 bits per heavy atom. The SMILES string of the molecule is Cc1cnc2c(NC(=O)N3CCC(O)CC3)cccc2c1Cl.